The summed E-state index contributed by atoms with van der Waals surface area (Å²) in [6.07, 6.45) is 0. The first-order valence-electron chi connectivity index (χ1n) is 10.9. The molecule has 33 heavy (non-hydrogen) atoms. The van der Waals surface area contributed by atoms with Gasteiger partial charge in [0, 0.05) is 26.9 Å². The van der Waals surface area contributed by atoms with Gasteiger partial charge < -0.3 is 14.9 Å². The first-order chi connectivity index (χ1) is 16.1. The Morgan fingerprint density at radius 3 is 2.00 bits per heavy atom. The molecule has 0 aliphatic carbocycles. The lowest BCUT2D eigenvalue weighted by molar-refractivity contribution is 0.0757. The van der Waals surface area contributed by atoms with Gasteiger partial charge in [0.05, 0.1) is 10.9 Å². The molecule has 2 N–H and O–H groups in total. The van der Waals surface area contributed by atoms with Gasteiger partial charge in [0.2, 0.25) is 0 Å². The SMILES string of the molecule is O=C1Oc2c3c(O)ccc4ccc5cc6cc7cccc8cc(O)c9c1c2c(c5c43)c6c9c87. The van der Waals surface area contributed by atoms with E-state index in [1.807, 2.05) is 24.3 Å². The lowest BCUT2D eigenvalue weighted by Crippen LogP contribution is -2.02. The molecule has 0 aromatic heterocycles. The van der Waals surface area contributed by atoms with Crippen molar-refractivity contribution in [1.82, 2.24) is 0 Å². The van der Waals surface area contributed by atoms with E-state index in [2.05, 4.69) is 24.3 Å². The van der Waals surface area contributed by atoms with E-state index in [0.717, 1.165) is 59.2 Å². The molecule has 0 atom stereocenters. The molecule has 8 aromatic rings. The Hall–Kier alpha value is -4.57. The molecule has 0 amide bonds. The van der Waals surface area contributed by atoms with Gasteiger partial charge in [0.15, 0.2) is 5.75 Å². The third-order valence-electron chi connectivity index (χ3n) is 7.64. The standard InChI is InChI=1S/C29H12O4/c30-16-7-6-11-4-5-14-9-15-8-12-2-1-3-13-10-17(31)22-24(18(12)13)21(15)25-20(14)19(11)23(16)28-26(25)27(22)29(32)33-28/h1-10,30-31H. The van der Waals surface area contributed by atoms with Crippen molar-refractivity contribution in [2.75, 3.05) is 0 Å². The number of esters is 1. The fourth-order valence-electron chi connectivity index (χ4n) is 6.50. The summed E-state index contributed by atoms with van der Waals surface area (Å²) < 4.78 is 5.86. The molecule has 0 saturated carbocycles. The van der Waals surface area contributed by atoms with Crippen molar-refractivity contribution in [3.05, 3.63) is 66.2 Å². The molecular formula is C29H12O4. The van der Waals surface area contributed by atoms with Crippen LogP contribution in [0, 0.1) is 0 Å². The normalized spacial score (nSPS) is 14.0. The molecule has 4 nitrogen and oxygen atoms in total. The Morgan fingerprint density at radius 2 is 1.15 bits per heavy atom. The lowest BCUT2D eigenvalue weighted by Gasteiger charge is -2.21. The number of hydrogen-bond donors (Lipinski definition) is 2. The summed E-state index contributed by atoms with van der Waals surface area (Å²) in [4.78, 5) is 13.4. The van der Waals surface area contributed by atoms with Crippen molar-refractivity contribution in [1.29, 1.82) is 0 Å². The topological polar surface area (TPSA) is 66.8 Å². The maximum atomic E-state index is 13.4. The van der Waals surface area contributed by atoms with Crippen LogP contribution in [0.25, 0.3) is 75.4 Å². The van der Waals surface area contributed by atoms with Crippen molar-refractivity contribution in [2.45, 2.75) is 0 Å². The van der Waals surface area contributed by atoms with Gasteiger partial charge in [0.25, 0.3) is 0 Å². The van der Waals surface area contributed by atoms with Crippen molar-refractivity contribution < 1.29 is 19.7 Å². The highest BCUT2D eigenvalue weighted by Crippen LogP contribution is 2.57. The fourth-order valence-corrected chi connectivity index (χ4v) is 6.50. The second-order valence-corrected chi connectivity index (χ2v) is 9.14. The summed E-state index contributed by atoms with van der Waals surface area (Å²) in [6, 6.07) is 19.8. The maximum Gasteiger partial charge on any atom is 0.345 e. The van der Waals surface area contributed by atoms with Crippen LogP contribution < -0.4 is 4.74 Å². The third kappa shape index (κ3) is 1.54. The molecule has 0 bridgehead atoms. The Labute approximate surface area is 184 Å². The van der Waals surface area contributed by atoms with Crippen molar-refractivity contribution in [3.8, 4) is 17.2 Å². The Bertz CT molecular complexity index is 2190. The van der Waals surface area contributed by atoms with Crippen LogP contribution in [0.1, 0.15) is 10.4 Å². The summed E-state index contributed by atoms with van der Waals surface area (Å²) in [5, 5.41) is 34.7. The lowest BCUT2D eigenvalue weighted by atomic mass is 9.81. The van der Waals surface area contributed by atoms with Gasteiger partial charge in [-0.1, -0.05) is 36.4 Å². The first kappa shape index (κ1) is 16.1. The van der Waals surface area contributed by atoms with Gasteiger partial charge in [-0.25, -0.2) is 4.79 Å². The van der Waals surface area contributed by atoms with Gasteiger partial charge in [-0.3, -0.25) is 0 Å². The largest absolute Gasteiger partial charge is 0.507 e. The molecule has 1 aliphatic rings. The number of aromatic hydroxyl groups is 2. The van der Waals surface area contributed by atoms with Crippen LogP contribution in [-0.4, -0.2) is 16.2 Å². The second kappa shape index (κ2) is 4.76. The smallest absolute Gasteiger partial charge is 0.345 e. The van der Waals surface area contributed by atoms with E-state index in [4.69, 9.17) is 4.74 Å². The fraction of sp³-hybridized carbons (Fsp3) is 0. The van der Waals surface area contributed by atoms with Crippen LogP contribution in [0.3, 0.4) is 0 Å². The number of carbonyl (C=O) groups is 1. The van der Waals surface area contributed by atoms with Gasteiger partial charge in [-0.2, -0.15) is 0 Å². The average molecular weight is 424 g/mol. The summed E-state index contributed by atoms with van der Waals surface area (Å²) in [7, 11) is 0. The molecule has 0 fully saturated rings. The first-order valence-corrected chi connectivity index (χ1v) is 10.9. The summed E-state index contributed by atoms with van der Waals surface area (Å²) >= 11 is 0. The number of fused-ring (bicyclic) bond motifs is 2. The summed E-state index contributed by atoms with van der Waals surface area (Å²) in [5.74, 6) is 0.0365. The molecule has 8 aromatic carbocycles. The van der Waals surface area contributed by atoms with Gasteiger partial charge >= 0.3 is 5.97 Å². The predicted molar refractivity (Wildman–Crippen MR) is 131 cm³/mol. The Balaban J connectivity index is 1.81. The van der Waals surface area contributed by atoms with Crippen LogP contribution in [0.4, 0.5) is 0 Å². The molecule has 0 spiro atoms. The minimum Gasteiger partial charge on any atom is -0.507 e. The number of rotatable bonds is 0. The minimum atomic E-state index is -0.494. The van der Waals surface area contributed by atoms with Crippen LogP contribution in [0.5, 0.6) is 17.2 Å². The third-order valence-corrected chi connectivity index (χ3v) is 7.64. The number of benzene rings is 8. The van der Waals surface area contributed by atoms with Crippen LogP contribution in [-0.2, 0) is 0 Å². The molecule has 4 heteroatoms. The molecule has 1 heterocycles. The highest BCUT2D eigenvalue weighted by atomic mass is 16.5. The quantitative estimate of drug-likeness (QED) is 0.119. The van der Waals surface area contributed by atoms with Crippen LogP contribution in [0.15, 0.2) is 60.7 Å². The van der Waals surface area contributed by atoms with Gasteiger partial charge in [0.1, 0.15) is 11.5 Å². The zero-order valence-corrected chi connectivity index (χ0v) is 17.0. The number of ether oxygens (including phenoxy) is 1. The monoisotopic (exact) mass is 424 g/mol. The second-order valence-electron chi connectivity index (χ2n) is 9.14. The molecule has 0 unspecified atom stereocenters. The minimum absolute atomic E-state index is 0.0650. The number of phenols is 2. The van der Waals surface area contributed by atoms with E-state index in [1.54, 1.807) is 12.1 Å². The van der Waals surface area contributed by atoms with Crippen LogP contribution >= 0.6 is 0 Å². The van der Waals surface area contributed by atoms with E-state index in [-0.39, 0.29) is 11.5 Å². The van der Waals surface area contributed by atoms with E-state index in [1.165, 1.54) is 0 Å². The summed E-state index contributed by atoms with van der Waals surface area (Å²) in [5.41, 5.74) is 0.382. The zero-order chi connectivity index (χ0) is 21.7. The van der Waals surface area contributed by atoms with Crippen molar-refractivity contribution in [2.24, 2.45) is 0 Å². The average Bonchev–Trinajstić information content (AvgIpc) is 3.15. The Morgan fingerprint density at radius 1 is 0.515 bits per heavy atom. The number of carbonyl (C=O) groups excluding carboxylic acids is 1. The maximum absolute atomic E-state index is 13.4. The van der Waals surface area contributed by atoms with Crippen LogP contribution in [0.2, 0.25) is 0 Å². The predicted octanol–water partition coefficient (Wildman–Crippen LogP) is 7.02. The molecule has 9 rings (SSSR count). The van der Waals surface area contributed by atoms with E-state index in [9.17, 15) is 15.0 Å². The van der Waals surface area contributed by atoms with Crippen molar-refractivity contribution in [3.63, 3.8) is 0 Å². The zero-order valence-electron chi connectivity index (χ0n) is 17.0. The Kier molecular flexibility index (Phi) is 2.33. The summed E-state index contributed by atoms with van der Waals surface area (Å²) in [6.45, 7) is 0. The van der Waals surface area contributed by atoms with Crippen molar-refractivity contribution >= 4 is 81.4 Å². The van der Waals surface area contributed by atoms with Gasteiger partial charge in [-0.15, -0.1) is 0 Å². The number of phenolic OH excluding ortho intramolecular Hbond substituents is 2. The van der Waals surface area contributed by atoms with E-state index < -0.39 is 5.97 Å². The molecule has 0 radical (unpaired) electrons. The molecule has 1 aliphatic heterocycles. The molecular weight excluding hydrogens is 412 g/mol. The van der Waals surface area contributed by atoms with E-state index >= 15 is 0 Å². The molecule has 0 saturated heterocycles. The van der Waals surface area contributed by atoms with Gasteiger partial charge in [-0.05, 0) is 67.4 Å². The van der Waals surface area contributed by atoms with E-state index in [0.29, 0.717) is 27.5 Å². The highest BCUT2D eigenvalue weighted by Gasteiger charge is 2.35. The highest BCUT2D eigenvalue weighted by molar-refractivity contribution is 6.48. The molecule has 152 valence electrons. The number of hydrogen-bond acceptors (Lipinski definition) is 4.